The fourth-order valence-electron chi connectivity index (χ4n) is 3.00. The Hall–Kier alpha value is -3.45. The molecule has 7 heteroatoms. The van der Waals surface area contributed by atoms with Crippen LogP contribution < -0.4 is 10.6 Å². The van der Waals surface area contributed by atoms with Crippen molar-refractivity contribution in [3.05, 3.63) is 78.9 Å². The fraction of sp³-hybridized carbons (Fsp3) is 0.0909. The van der Waals surface area contributed by atoms with Gasteiger partial charge in [0.25, 0.3) is 0 Å². The first-order chi connectivity index (χ1) is 14.1. The summed E-state index contributed by atoms with van der Waals surface area (Å²) < 4.78 is 0. The van der Waals surface area contributed by atoms with E-state index in [1.54, 1.807) is 36.4 Å². The van der Waals surface area contributed by atoms with Crippen molar-refractivity contribution in [2.75, 3.05) is 10.6 Å². The largest absolute Gasteiger partial charge is 0.399 e. The van der Waals surface area contributed by atoms with E-state index in [0.717, 1.165) is 10.6 Å². The summed E-state index contributed by atoms with van der Waals surface area (Å²) in [7, 11) is 0. The van der Waals surface area contributed by atoms with E-state index in [0.29, 0.717) is 17.1 Å². The van der Waals surface area contributed by atoms with Gasteiger partial charge in [0.05, 0.1) is 22.3 Å². The highest BCUT2D eigenvalue weighted by Gasteiger charge is 2.40. The minimum absolute atomic E-state index is 0.160. The number of hydrogen-bond acceptors (Lipinski definition) is 6. The summed E-state index contributed by atoms with van der Waals surface area (Å²) >= 11 is 1.36. The van der Waals surface area contributed by atoms with Crippen molar-refractivity contribution in [3.8, 4) is 0 Å². The maximum atomic E-state index is 12.8. The molecule has 0 bridgehead atoms. The molecule has 6 nitrogen and oxygen atoms in total. The summed E-state index contributed by atoms with van der Waals surface area (Å²) in [4.78, 5) is 27.4. The fourth-order valence-corrected chi connectivity index (χ4v) is 4.12. The molecule has 1 fully saturated rings. The third-order valence-electron chi connectivity index (χ3n) is 4.39. The van der Waals surface area contributed by atoms with Gasteiger partial charge in [-0.25, -0.2) is 4.90 Å². The lowest BCUT2D eigenvalue weighted by Crippen LogP contribution is -2.30. The van der Waals surface area contributed by atoms with E-state index in [1.165, 1.54) is 16.7 Å². The molecule has 1 atom stereocenters. The number of nitrogens with zero attached hydrogens (tertiary/aromatic N) is 3. The van der Waals surface area contributed by atoms with Crippen molar-refractivity contribution in [3.63, 3.8) is 0 Å². The average molecular weight is 402 g/mol. The van der Waals surface area contributed by atoms with Crippen LogP contribution in [0.5, 0.6) is 0 Å². The first kappa shape index (κ1) is 18.9. The average Bonchev–Trinajstić information content (AvgIpc) is 3.01. The molecule has 3 aromatic carbocycles. The van der Waals surface area contributed by atoms with Gasteiger partial charge in [-0.3, -0.25) is 9.59 Å². The highest BCUT2D eigenvalue weighted by molar-refractivity contribution is 8.00. The number of nitrogen functional groups attached to an aromatic ring is 1. The normalized spacial score (nSPS) is 16.7. The Morgan fingerprint density at radius 2 is 1.55 bits per heavy atom. The summed E-state index contributed by atoms with van der Waals surface area (Å²) in [6, 6.07) is 23.6. The van der Waals surface area contributed by atoms with Crippen LogP contribution in [0.1, 0.15) is 6.42 Å². The van der Waals surface area contributed by atoms with Crippen molar-refractivity contribution >= 4 is 46.3 Å². The maximum Gasteiger partial charge on any atom is 0.247 e. The van der Waals surface area contributed by atoms with Crippen molar-refractivity contribution in [2.24, 2.45) is 10.2 Å². The molecule has 1 heterocycles. The van der Waals surface area contributed by atoms with Crippen LogP contribution in [0.4, 0.5) is 22.7 Å². The van der Waals surface area contributed by atoms with Gasteiger partial charge in [-0.15, -0.1) is 11.8 Å². The molecular weight excluding hydrogens is 384 g/mol. The molecule has 1 aliphatic rings. The van der Waals surface area contributed by atoms with Gasteiger partial charge in [-0.2, -0.15) is 10.2 Å². The third-order valence-corrected chi connectivity index (χ3v) is 5.57. The van der Waals surface area contributed by atoms with Gasteiger partial charge in [0, 0.05) is 17.0 Å². The first-order valence-corrected chi connectivity index (χ1v) is 9.94. The summed E-state index contributed by atoms with van der Waals surface area (Å²) in [5.41, 5.74) is 8.36. The van der Waals surface area contributed by atoms with E-state index < -0.39 is 5.25 Å². The molecule has 144 valence electrons. The molecular formula is C22H18N4O2S. The van der Waals surface area contributed by atoms with Gasteiger partial charge < -0.3 is 5.73 Å². The summed E-state index contributed by atoms with van der Waals surface area (Å²) in [5, 5.41) is 7.89. The number of imide groups is 1. The molecule has 0 saturated carbocycles. The number of nitrogens with two attached hydrogens (primary N) is 1. The Morgan fingerprint density at radius 3 is 2.24 bits per heavy atom. The zero-order chi connectivity index (χ0) is 20.2. The Balaban J connectivity index is 1.47. The van der Waals surface area contributed by atoms with Crippen LogP contribution in [0.2, 0.25) is 0 Å². The molecule has 2 amide bonds. The van der Waals surface area contributed by atoms with Crippen LogP contribution in [-0.2, 0) is 9.59 Å². The Bertz CT molecular complexity index is 1070. The summed E-state index contributed by atoms with van der Waals surface area (Å²) in [6.07, 6.45) is 0.160. The lowest BCUT2D eigenvalue weighted by Gasteiger charge is -2.15. The Kier molecular flexibility index (Phi) is 5.39. The molecule has 0 spiro atoms. The zero-order valence-electron chi connectivity index (χ0n) is 15.4. The highest BCUT2D eigenvalue weighted by Crippen LogP contribution is 2.35. The summed E-state index contributed by atoms with van der Waals surface area (Å²) in [6.45, 7) is 0. The molecule has 1 saturated heterocycles. The van der Waals surface area contributed by atoms with Gasteiger partial charge in [0.1, 0.15) is 0 Å². The van der Waals surface area contributed by atoms with Gasteiger partial charge in [0.2, 0.25) is 11.8 Å². The lowest BCUT2D eigenvalue weighted by atomic mass is 10.2. The smallest absolute Gasteiger partial charge is 0.247 e. The molecule has 0 aliphatic carbocycles. The predicted octanol–water partition coefficient (Wildman–Crippen LogP) is 5.11. The molecule has 1 aliphatic heterocycles. The van der Waals surface area contributed by atoms with Crippen LogP contribution in [0.25, 0.3) is 0 Å². The minimum atomic E-state index is -0.457. The quantitative estimate of drug-likeness (QED) is 0.365. The number of amides is 2. The van der Waals surface area contributed by atoms with Crippen molar-refractivity contribution in [1.82, 2.24) is 0 Å². The van der Waals surface area contributed by atoms with Crippen LogP contribution >= 0.6 is 11.8 Å². The lowest BCUT2D eigenvalue weighted by molar-refractivity contribution is -0.121. The minimum Gasteiger partial charge on any atom is -0.399 e. The van der Waals surface area contributed by atoms with Gasteiger partial charge in [-0.05, 0) is 54.6 Å². The number of hydrogen-bond donors (Lipinski definition) is 1. The molecule has 0 aromatic heterocycles. The van der Waals surface area contributed by atoms with Gasteiger partial charge >= 0.3 is 0 Å². The molecule has 0 radical (unpaired) electrons. The first-order valence-electron chi connectivity index (χ1n) is 9.06. The number of rotatable bonds is 5. The van der Waals surface area contributed by atoms with Crippen molar-refractivity contribution < 1.29 is 9.59 Å². The molecule has 4 rings (SSSR count). The number of thioether (sulfide) groups is 1. The zero-order valence-corrected chi connectivity index (χ0v) is 16.3. The Labute approximate surface area is 172 Å². The molecule has 1 unspecified atom stereocenters. The monoisotopic (exact) mass is 402 g/mol. The van der Waals surface area contributed by atoms with Crippen LogP contribution in [0.15, 0.2) is 94.0 Å². The standard InChI is InChI=1S/C22H18N4O2S/c23-15-5-4-8-19(13-15)29-20-14-21(27)26(22(20)28)18-11-9-17(10-12-18)25-24-16-6-2-1-3-7-16/h1-13,20H,14,23H2. The van der Waals surface area contributed by atoms with Crippen LogP contribution in [-0.4, -0.2) is 17.1 Å². The number of anilines is 2. The van der Waals surface area contributed by atoms with Crippen LogP contribution in [0.3, 0.4) is 0 Å². The third kappa shape index (κ3) is 4.35. The van der Waals surface area contributed by atoms with E-state index >= 15 is 0 Å². The number of carbonyl (C=O) groups excluding carboxylic acids is 2. The number of azo groups is 1. The van der Waals surface area contributed by atoms with E-state index in [2.05, 4.69) is 10.2 Å². The SMILES string of the molecule is Nc1cccc(SC2CC(=O)N(c3ccc(N=Nc4ccccc4)cc3)C2=O)c1. The molecule has 3 aromatic rings. The maximum absolute atomic E-state index is 12.8. The second-order valence-corrected chi connectivity index (χ2v) is 7.78. The van der Waals surface area contributed by atoms with Gasteiger partial charge in [0.15, 0.2) is 0 Å². The van der Waals surface area contributed by atoms with E-state index in [-0.39, 0.29) is 18.2 Å². The second kappa shape index (κ2) is 8.28. The van der Waals surface area contributed by atoms with Crippen molar-refractivity contribution in [2.45, 2.75) is 16.6 Å². The van der Waals surface area contributed by atoms with Gasteiger partial charge in [-0.1, -0.05) is 24.3 Å². The predicted molar refractivity (Wildman–Crippen MR) is 115 cm³/mol. The highest BCUT2D eigenvalue weighted by atomic mass is 32.2. The van der Waals surface area contributed by atoms with E-state index in [1.807, 2.05) is 42.5 Å². The van der Waals surface area contributed by atoms with E-state index in [9.17, 15) is 9.59 Å². The van der Waals surface area contributed by atoms with E-state index in [4.69, 9.17) is 5.73 Å². The molecule has 2 N–H and O–H groups in total. The topological polar surface area (TPSA) is 88.1 Å². The number of benzene rings is 3. The summed E-state index contributed by atoms with van der Waals surface area (Å²) in [5.74, 6) is -0.434. The molecule has 29 heavy (non-hydrogen) atoms. The number of carbonyl (C=O) groups is 2. The van der Waals surface area contributed by atoms with Crippen LogP contribution in [0, 0.1) is 0 Å². The Morgan fingerprint density at radius 1 is 0.862 bits per heavy atom. The van der Waals surface area contributed by atoms with Crippen molar-refractivity contribution in [1.29, 1.82) is 0 Å². The second-order valence-electron chi connectivity index (χ2n) is 6.50.